The molecule has 0 N–H and O–H groups in total. The van der Waals surface area contributed by atoms with Crippen molar-refractivity contribution in [2.24, 2.45) is 0 Å². The van der Waals surface area contributed by atoms with Crippen LogP contribution >= 0.6 is 22.7 Å². The SMILES string of the molecule is Cc1ccc(-c2nc3scc(-c4cccs4)c3c(=O)n2CCF)cc1. The zero-order valence-corrected chi connectivity index (χ0v) is 15.2. The van der Waals surface area contributed by atoms with Gasteiger partial charge in [-0.3, -0.25) is 9.36 Å². The van der Waals surface area contributed by atoms with Crippen molar-refractivity contribution in [3.8, 4) is 21.8 Å². The van der Waals surface area contributed by atoms with Crippen molar-refractivity contribution >= 4 is 32.9 Å². The molecule has 0 aliphatic rings. The second kappa shape index (κ2) is 6.54. The minimum absolute atomic E-state index is 0.00467. The number of aryl methyl sites for hydroxylation is 1. The summed E-state index contributed by atoms with van der Waals surface area (Å²) < 4.78 is 14.6. The molecule has 0 atom stereocenters. The first-order valence-corrected chi connectivity index (χ1v) is 9.64. The Morgan fingerprint density at radius 1 is 1.16 bits per heavy atom. The smallest absolute Gasteiger partial charge is 0.263 e. The average molecular weight is 370 g/mol. The van der Waals surface area contributed by atoms with E-state index in [2.05, 4.69) is 0 Å². The zero-order valence-electron chi connectivity index (χ0n) is 13.5. The van der Waals surface area contributed by atoms with Crippen LogP contribution in [0.1, 0.15) is 5.56 Å². The molecule has 4 aromatic rings. The predicted octanol–water partition coefficient (Wildman–Crippen LogP) is 5.13. The maximum atomic E-state index is 13.1. The first kappa shape index (κ1) is 16.2. The van der Waals surface area contributed by atoms with Crippen molar-refractivity contribution in [1.29, 1.82) is 0 Å². The molecule has 0 fully saturated rings. The van der Waals surface area contributed by atoms with Gasteiger partial charge in [0.25, 0.3) is 5.56 Å². The van der Waals surface area contributed by atoms with Crippen LogP contribution in [0.2, 0.25) is 0 Å². The third kappa shape index (κ3) is 2.81. The van der Waals surface area contributed by atoms with Gasteiger partial charge in [0.1, 0.15) is 17.3 Å². The number of hydrogen-bond donors (Lipinski definition) is 0. The van der Waals surface area contributed by atoms with Gasteiger partial charge in [-0.1, -0.05) is 35.9 Å². The van der Waals surface area contributed by atoms with Crippen LogP contribution in [0.5, 0.6) is 0 Å². The molecule has 3 heterocycles. The van der Waals surface area contributed by atoms with Gasteiger partial charge in [-0.15, -0.1) is 22.7 Å². The molecule has 4 rings (SSSR count). The van der Waals surface area contributed by atoms with Crippen molar-refractivity contribution in [3.63, 3.8) is 0 Å². The van der Waals surface area contributed by atoms with Gasteiger partial charge in [0, 0.05) is 21.4 Å². The zero-order chi connectivity index (χ0) is 17.4. The van der Waals surface area contributed by atoms with Crippen LogP contribution < -0.4 is 5.56 Å². The highest BCUT2D eigenvalue weighted by molar-refractivity contribution is 7.18. The maximum Gasteiger partial charge on any atom is 0.263 e. The summed E-state index contributed by atoms with van der Waals surface area (Å²) in [6.45, 7) is 1.40. The van der Waals surface area contributed by atoms with Crippen LogP contribution in [0.3, 0.4) is 0 Å². The van der Waals surface area contributed by atoms with Gasteiger partial charge in [0.05, 0.1) is 11.9 Å². The molecule has 6 heteroatoms. The van der Waals surface area contributed by atoms with E-state index in [1.165, 1.54) is 15.9 Å². The summed E-state index contributed by atoms with van der Waals surface area (Å²) in [5, 5.41) is 4.52. The Kier molecular flexibility index (Phi) is 4.23. The molecule has 126 valence electrons. The number of aromatic nitrogens is 2. The van der Waals surface area contributed by atoms with Crippen LogP contribution in [-0.4, -0.2) is 16.2 Å². The number of rotatable bonds is 4. The molecule has 0 bridgehead atoms. The fourth-order valence-electron chi connectivity index (χ4n) is 2.85. The van der Waals surface area contributed by atoms with E-state index in [0.29, 0.717) is 16.0 Å². The lowest BCUT2D eigenvalue weighted by atomic mass is 10.1. The predicted molar refractivity (Wildman–Crippen MR) is 103 cm³/mol. The molecule has 0 aliphatic heterocycles. The third-order valence-electron chi connectivity index (χ3n) is 4.10. The van der Waals surface area contributed by atoms with E-state index in [4.69, 9.17) is 4.98 Å². The normalized spacial score (nSPS) is 11.3. The summed E-state index contributed by atoms with van der Waals surface area (Å²) in [7, 11) is 0. The average Bonchev–Trinajstić information content (AvgIpc) is 3.27. The summed E-state index contributed by atoms with van der Waals surface area (Å²) in [4.78, 5) is 19.6. The number of thiophene rings is 2. The fraction of sp³-hybridized carbons (Fsp3) is 0.158. The van der Waals surface area contributed by atoms with Gasteiger partial charge < -0.3 is 0 Å². The largest absolute Gasteiger partial charge is 0.289 e. The molecule has 3 aromatic heterocycles. The molecular formula is C19H15FN2OS2. The van der Waals surface area contributed by atoms with Crippen molar-refractivity contribution < 1.29 is 4.39 Å². The lowest BCUT2D eigenvalue weighted by Crippen LogP contribution is -2.24. The first-order valence-electron chi connectivity index (χ1n) is 7.88. The van der Waals surface area contributed by atoms with E-state index in [0.717, 1.165) is 21.6 Å². The summed E-state index contributed by atoms with van der Waals surface area (Å²) in [5.41, 5.74) is 2.66. The molecule has 0 aliphatic carbocycles. The van der Waals surface area contributed by atoms with Gasteiger partial charge in [-0.05, 0) is 18.4 Å². The van der Waals surface area contributed by atoms with Gasteiger partial charge in [-0.2, -0.15) is 0 Å². The topological polar surface area (TPSA) is 34.9 Å². The Balaban J connectivity index is 2.00. The van der Waals surface area contributed by atoms with Crippen LogP contribution in [0.4, 0.5) is 4.39 Å². The number of hydrogen-bond acceptors (Lipinski definition) is 4. The van der Waals surface area contributed by atoms with Crippen molar-refractivity contribution in [3.05, 3.63) is 63.1 Å². The van der Waals surface area contributed by atoms with Crippen LogP contribution in [0.15, 0.2) is 52.0 Å². The van der Waals surface area contributed by atoms with E-state index < -0.39 is 6.67 Å². The minimum atomic E-state index is -0.607. The Morgan fingerprint density at radius 3 is 2.64 bits per heavy atom. The number of fused-ring (bicyclic) bond motifs is 1. The number of alkyl halides is 1. The van der Waals surface area contributed by atoms with Gasteiger partial charge in [-0.25, -0.2) is 9.37 Å². The van der Waals surface area contributed by atoms with Crippen LogP contribution in [0, 0.1) is 6.92 Å². The Hall–Kier alpha value is -2.31. The van der Waals surface area contributed by atoms with Crippen LogP contribution in [-0.2, 0) is 6.54 Å². The van der Waals surface area contributed by atoms with Gasteiger partial charge in [0.15, 0.2) is 0 Å². The molecule has 0 amide bonds. The molecule has 3 nitrogen and oxygen atoms in total. The summed E-state index contributed by atoms with van der Waals surface area (Å²) >= 11 is 3.04. The van der Waals surface area contributed by atoms with E-state index in [-0.39, 0.29) is 12.1 Å². The standard InChI is InChI=1S/C19H15FN2OS2/c1-12-4-6-13(7-5-12)17-21-18-16(19(23)22(17)9-8-20)14(11-25-18)15-3-2-10-24-15/h2-7,10-11H,8-9H2,1H3. The second-order valence-electron chi connectivity index (χ2n) is 5.75. The summed E-state index contributed by atoms with van der Waals surface area (Å²) in [5.74, 6) is 0.523. The highest BCUT2D eigenvalue weighted by atomic mass is 32.1. The number of benzene rings is 1. The molecule has 0 radical (unpaired) electrons. The lowest BCUT2D eigenvalue weighted by Gasteiger charge is -2.11. The first-order chi connectivity index (χ1) is 12.2. The second-order valence-corrected chi connectivity index (χ2v) is 7.56. The molecule has 0 spiro atoms. The molecular weight excluding hydrogens is 355 g/mol. The van der Waals surface area contributed by atoms with Crippen molar-refractivity contribution in [2.75, 3.05) is 6.67 Å². The van der Waals surface area contributed by atoms with E-state index in [1.807, 2.05) is 54.1 Å². The van der Waals surface area contributed by atoms with Crippen molar-refractivity contribution in [2.45, 2.75) is 13.5 Å². The fourth-order valence-corrected chi connectivity index (χ4v) is 4.60. The van der Waals surface area contributed by atoms with E-state index in [9.17, 15) is 9.18 Å². The highest BCUT2D eigenvalue weighted by Crippen LogP contribution is 2.34. The molecule has 0 saturated heterocycles. The molecule has 0 saturated carbocycles. The Bertz CT molecular complexity index is 1080. The Labute approximate surface area is 152 Å². The Morgan fingerprint density at radius 2 is 1.96 bits per heavy atom. The molecule has 0 unspecified atom stereocenters. The number of halogens is 1. The summed E-state index contributed by atoms with van der Waals surface area (Å²) in [6.07, 6.45) is 0. The molecule has 1 aromatic carbocycles. The van der Waals surface area contributed by atoms with Gasteiger partial charge in [0.2, 0.25) is 0 Å². The maximum absolute atomic E-state index is 13.1. The minimum Gasteiger partial charge on any atom is -0.289 e. The monoisotopic (exact) mass is 370 g/mol. The van der Waals surface area contributed by atoms with E-state index >= 15 is 0 Å². The van der Waals surface area contributed by atoms with E-state index in [1.54, 1.807) is 11.3 Å². The van der Waals surface area contributed by atoms with Crippen LogP contribution in [0.25, 0.3) is 32.0 Å². The highest BCUT2D eigenvalue weighted by Gasteiger charge is 2.18. The third-order valence-corrected chi connectivity index (χ3v) is 5.87. The molecule has 25 heavy (non-hydrogen) atoms. The summed E-state index contributed by atoms with van der Waals surface area (Å²) in [6, 6.07) is 11.7. The van der Waals surface area contributed by atoms with Gasteiger partial charge >= 0.3 is 0 Å². The quantitative estimate of drug-likeness (QED) is 0.499. The lowest BCUT2D eigenvalue weighted by molar-refractivity contribution is 0.441. The number of nitrogens with zero attached hydrogens (tertiary/aromatic N) is 2. The van der Waals surface area contributed by atoms with Crippen molar-refractivity contribution in [1.82, 2.24) is 9.55 Å².